The fourth-order valence-corrected chi connectivity index (χ4v) is 3.14. The third-order valence-corrected chi connectivity index (χ3v) is 4.27. The Morgan fingerprint density at radius 2 is 2.00 bits per heavy atom. The van der Waals surface area contributed by atoms with Gasteiger partial charge in [0.15, 0.2) is 0 Å². The number of imidazole rings is 1. The minimum Gasteiger partial charge on any atom is -0.388 e. The quantitative estimate of drug-likeness (QED) is 0.771. The highest BCUT2D eigenvalue weighted by Gasteiger charge is 2.23. The van der Waals surface area contributed by atoms with Gasteiger partial charge in [0.2, 0.25) is 0 Å². The molecule has 1 aliphatic rings. The molecule has 1 aromatic heterocycles. The Morgan fingerprint density at radius 1 is 1.17 bits per heavy atom. The Morgan fingerprint density at radius 3 is 2.79 bits per heavy atom. The van der Waals surface area contributed by atoms with Crippen molar-refractivity contribution in [3.8, 4) is 5.69 Å². The maximum atomic E-state index is 14.3. The second-order valence-electron chi connectivity index (χ2n) is 5.47. The number of fused-ring (bicyclic) bond motifs is 3. The average Bonchev–Trinajstić information content (AvgIpc) is 2.93. The van der Waals surface area contributed by atoms with Gasteiger partial charge in [0.1, 0.15) is 18.2 Å². The summed E-state index contributed by atoms with van der Waals surface area (Å²) in [6.07, 6.45) is 1.68. The Labute approximate surface area is 142 Å². The van der Waals surface area contributed by atoms with Crippen LogP contribution in [0.4, 0.5) is 4.39 Å². The lowest BCUT2D eigenvalue weighted by Gasteiger charge is -2.14. The minimum atomic E-state index is -0.339. The van der Waals surface area contributed by atoms with E-state index in [1.54, 1.807) is 36.5 Å². The molecule has 2 aromatic carbocycles. The molecule has 0 spiro atoms. The fraction of sp³-hybridized carbons (Fsp3) is 0.111. The number of aliphatic imine (C=N–C) groups is 1. The summed E-state index contributed by atoms with van der Waals surface area (Å²) in [7, 11) is 0. The van der Waals surface area contributed by atoms with Crippen LogP contribution in [0.1, 0.15) is 22.6 Å². The van der Waals surface area contributed by atoms with Crippen LogP contribution in [0.15, 0.2) is 53.7 Å². The molecule has 0 bridgehead atoms. The molecule has 6 heteroatoms. The highest BCUT2D eigenvalue weighted by molar-refractivity contribution is 6.31. The van der Waals surface area contributed by atoms with Crippen LogP contribution in [0.2, 0.25) is 5.02 Å². The Hall–Kier alpha value is -2.50. The molecule has 0 amide bonds. The maximum Gasteiger partial charge on any atom is 0.139 e. The van der Waals surface area contributed by atoms with E-state index in [2.05, 4.69) is 9.98 Å². The molecule has 4 rings (SSSR count). The van der Waals surface area contributed by atoms with Gasteiger partial charge in [-0.25, -0.2) is 9.37 Å². The summed E-state index contributed by atoms with van der Waals surface area (Å²) in [4.78, 5) is 8.83. The van der Waals surface area contributed by atoms with Crippen LogP contribution in [0.25, 0.3) is 5.69 Å². The summed E-state index contributed by atoms with van der Waals surface area (Å²) in [5, 5.41) is 10.1. The van der Waals surface area contributed by atoms with Gasteiger partial charge >= 0.3 is 0 Å². The molecule has 1 aliphatic heterocycles. The van der Waals surface area contributed by atoms with E-state index < -0.39 is 0 Å². The van der Waals surface area contributed by atoms with Crippen LogP contribution in [-0.2, 0) is 13.2 Å². The summed E-state index contributed by atoms with van der Waals surface area (Å²) >= 11 is 6.17. The van der Waals surface area contributed by atoms with Crippen LogP contribution in [0.5, 0.6) is 0 Å². The van der Waals surface area contributed by atoms with Crippen molar-refractivity contribution in [3.63, 3.8) is 0 Å². The van der Waals surface area contributed by atoms with Crippen LogP contribution in [0, 0.1) is 5.82 Å². The molecule has 0 fully saturated rings. The standard InChI is InChI=1S/C18H13ClFN3O/c19-11-5-6-16-14(7-11)18(13-3-1-2-4-15(13)20)22-9-12-8-21-17(10-24)23(12)16/h1-8,24H,9-10H2/i5+1,6+1,7+1,11+1,14+1,16+1. The molecule has 0 atom stereocenters. The number of aromatic nitrogens is 2. The predicted molar refractivity (Wildman–Crippen MR) is 90.2 cm³/mol. The van der Waals surface area contributed by atoms with Gasteiger partial charge < -0.3 is 5.11 Å². The lowest BCUT2D eigenvalue weighted by molar-refractivity contribution is 0.269. The van der Waals surface area contributed by atoms with Crippen molar-refractivity contribution in [1.82, 2.24) is 9.55 Å². The van der Waals surface area contributed by atoms with E-state index in [4.69, 9.17) is 11.6 Å². The first-order chi connectivity index (χ1) is 11.7. The van der Waals surface area contributed by atoms with E-state index in [-0.39, 0.29) is 12.4 Å². The Kier molecular flexibility index (Phi) is 3.67. The van der Waals surface area contributed by atoms with Crippen molar-refractivity contribution in [2.45, 2.75) is 13.2 Å². The van der Waals surface area contributed by atoms with E-state index in [0.29, 0.717) is 34.2 Å². The predicted octanol–water partition coefficient (Wildman–Crippen LogP) is 3.51. The number of rotatable bonds is 2. The Balaban J connectivity index is 2.01. The van der Waals surface area contributed by atoms with Crippen molar-refractivity contribution in [2.75, 3.05) is 0 Å². The first-order valence-electron chi connectivity index (χ1n) is 7.45. The van der Waals surface area contributed by atoms with Crippen molar-refractivity contribution in [3.05, 3.63) is 82.1 Å². The van der Waals surface area contributed by atoms with Crippen LogP contribution >= 0.6 is 11.6 Å². The van der Waals surface area contributed by atoms with Crippen molar-refractivity contribution >= 4 is 17.3 Å². The lowest BCUT2D eigenvalue weighted by Crippen LogP contribution is -2.10. The smallest absolute Gasteiger partial charge is 0.139 e. The average molecular weight is 348 g/mol. The van der Waals surface area contributed by atoms with Gasteiger partial charge in [-0.15, -0.1) is 0 Å². The van der Waals surface area contributed by atoms with E-state index in [1.165, 1.54) is 6.07 Å². The molecule has 0 radical (unpaired) electrons. The number of hydrogen-bond acceptors (Lipinski definition) is 3. The van der Waals surface area contributed by atoms with Gasteiger partial charge in [-0.3, -0.25) is 9.56 Å². The first kappa shape index (κ1) is 15.1. The third kappa shape index (κ3) is 2.33. The largest absolute Gasteiger partial charge is 0.388 e. The molecule has 2 heterocycles. The van der Waals surface area contributed by atoms with Crippen LogP contribution < -0.4 is 0 Å². The molecule has 1 N–H and O–H groups in total. The molecule has 0 saturated carbocycles. The zero-order valence-corrected chi connectivity index (χ0v) is 13.3. The molecule has 120 valence electrons. The van der Waals surface area contributed by atoms with Crippen molar-refractivity contribution < 1.29 is 9.50 Å². The monoisotopic (exact) mass is 347 g/mol. The zero-order chi connectivity index (χ0) is 16.7. The molecular formula is C18H13ClFN3O. The second kappa shape index (κ2) is 5.85. The summed E-state index contributed by atoms with van der Waals surface area (Å²) in [5.74, 6) is 0.174. The first-order valence-corrected chi connectivity index (χ1v) is 7.83. The molecule has 0 unspecified atom stereocenters. The molecule has 0 saturated heterocycles. The molecule has 0 aliphatic carbocycles. The molecule has 3 aromatic rings. The molecule has 4 nitrogen and oxygen atoms in total. The highest BCUT2D eigenvalue weighted by Crippen LogP contribution is 2.29. The van der Waals surface area contributed by atoms with E-state index >= 15 is 0 Å². The zero-order valence-electron chi connectivity index (χ0n) is 12.6. The lowest BCUT2D eigenvalue weighted by atomic mass is 10.1. The topological polar surface area (TPSA) is 50.4 Å². The summed E-state index contributed by atoms with van der Waals surface area (Å²) in [6.45, 7) is 0.139. The van der Waals surface area contributed by atoms with E-state index in [1.807, 2.05) is 10.6 Å². The second-order valence-corrected chi connectivity index (χ2v) is 5.90. The van der Waals surface area contributed by atoms with Gasteiger partial charge in [-0.2, -0.15) is 0 Å². The highest BCUT2D eigenvalue weighted by atomic mass is 35.5. The number of benzene rings is 2. The van der Waals surface area contributed by atoms with E-state index in [9.17, 15) is 9.50 Å². The normalized spacial score (nSPS) is 13.0. The maximum absolute atomic E-state index is 14.3. The van der Waals surface area contributed by atoms with Gasteiger partial charge in [-0.1, -0.05) is 23.7 Å². The van der Waals surface area contributed by atoms with Crippen LogP contribution in [0.3, 0.4) is 0 Å². The van der Waals surface area contributed by atoms with E-state index in [0.717, 1.165) is 11.4 Å². The summed E-state index contributed by atoms with van der Waals surface area (Å²) < 4.78 is 16.2. The number of aliphatic hydroxyl groups is 1. The van der Waals surface area contributed by atoms with Crippen LogP contribution in [-0.4, -0.2) is 20.4 Å². The number of hydrogen-bond donors (Lipinski definition) is 1. The van der Waals surface area contributed by atoms with Gasteiger partial charge in [0.05, 0.1) is 29.8 Å². The molecular weight excluding hydrogens is 335 g/mol. The molecule has 24 heavy (non-hydrogen) atoms. The summed E-state index contributed by atoms with van der Waals surface area (Å²) in [5.41, 5.74) is 3.27. The van der Waals surface area contributed by atoms with Gasteiger partial charge in [-0.05, 0) is 30.3 Å². The summed E-state index contributed by atoms with van der Waals surface area (Å²) in [6, 6.07) is 11.9. The fourth-order valence-electron chi connectivity index (χ4n) is 2.97. The van der Waals surface area contributed by atoms with Gasteiger partial charge in [0.25, 0.3) is 0 Å². The number of halogens is 2. The van der Waals surface area contributed by atoms with Crippen molar-refractivity contribution in [1.29, 1.82) is 0 Å². The third-order valence-electron chi connectivity index (χ3n) is 4.03. The SMILES string of the molecule is OCc1ncc2n1-[13c]1[13cH][13cH][13c](Cl)[13cH][13c]1C(c1ccccc1F)=NC2. The number of aliphatic hydroxyl groups excluding tert-OH is 1. The van der Waals surface area contributed by atoms with Gasteiger partial charge in [0, 0.05) is 16.1 Å². The number of nitrogens with zero attached hydrogens (tertiary/aromatic N) is 3. The minimum absolute atomic E-state index is 0.197. The Bertz CT molecular complexity index is 965. The van der Waals surface area contributed by atoms with Crippen molar-refractivity contribution in [2.24, 2.45) is 4.99 Å².